The zero-order chi connectivity index (χ0) is 16.2. The van der Waals surface area contributed by atoms with Crippen molar-refractivity contribution in [2.24, 2.45) is 0 Å². The van der Waals surface area contributed by atoms with E-state index in [9.17, 15) is 9.18 Å². The summed E-state index contributed by atoms with van der Waals surface area (Å²) in [6.07, 6.45) is 2.75. The molecule has 0 aromatic heterocycles. The molecule has 120 valence electrons. The highest BCUT2D eigenvalue weighted by Gasteiger charge is 2.30. The number of benzene rings is 2. The van der Waals surface area contributed by atoms with Crippen LogP contribution in [0.4, 0.5) is 14.9 Å². The summed E-state index contributed by atoms with van der Waals surface area (Å²) in [4.78, 5) is 14.5. The standard InChI is InChI=1S/C19H21FN2O/c1-2-14-6-3-4-7-17(14)21-19(23)22-13-5-8-18(22)15-9-11-16(20)12-10-15/h3-4,6-7,9-12,18H,2,5,8,13H2,1H3,(H,21,23)/t18-/m1/s1. The minimum absolute atomic E-state index is 0.0180. The molecule has 0 bridgehead atoms. The average Bonchev–Trinajstić information content (AvgIpc) is 3.06. The molecule has 3 nitrogen and oxygen atoms in total. The Morgan fingerprint density at radius 1 is 1.22 bits per heavy atom. The van der Waals surface area contributed by atoms with E-state index in [1.807, 2.05) is 29.2 Å². The fraction of sp³-hybridized carbons (Fsp3) is 0.316. The maximum absolute atomic E-state index is 13.1. The molecule has 1 fully saturated rings. The Bertz CT molecular complexity index is 684. The number of likely N-dealkylation sites (tertiary alicyclic amines) is 1. The Hall–Kier alpha value is -2.36. The van der Waals surface area contributed by atoms with Gasteiger partial charge in [0.1, 0.15) is 5.82 Å². The van der Waals surface area contributed by atoms with Gasteiger partial charge in [0.15, 0.2) is 0 Å². The number of amides is 2. The highest BCUT2D eigenvalue weighted by molar-refractivity contribution is 5.90. The molecule has 2 aromatic rings. The molecule has 3 rings (SSSR count). The van der Waals surface area contributed by atoms with Crippen LogP contribution in [0.2, 0.25) is 0 Å². The first-order chi connectivity index (χ1) is 11.2. The van der Waals surface area contributed by atoms with Crippen molar-refractivity contribution in [3.05, 3.63) is 65.5 Å². The van der Waals surface area contributed by atoms with Gasteiger partial charge in [0.05, 0.1) is 6.04 Å². The van der Waals surface area contributed by atoms with Crippen molar-refractivity contribution in [2.75, 3.05) is 11.9 Å². The first-order valence-electron chi connectivity index (χ1n) is 8.10. The van der Waals surface area contributed by atoms with E-state index in [-0.39, 0.29) is 17.9 Å². The minimum Gasteiger partial charge on any atom is -0.317 e. The number of carbonyl (C=O) groups is 1. The summed E-state index contributed by atoms with van der Waals surface area (Å²) >= 11 is 0. The maximum Gasteiger partial charge on any atom is 0.322 e. The number of urea groups is 1. The number of hydrogen-bond acceptors (Lipinski definition) is 1. The van der Waals surface area contributed by atoms with E-state index in [1.54, 1.807) is 12.1 Å². The van der Waals surface area contributed by atoms with Gasteiger partial charge in [0.25, 0.3) is 0 Å². The first-order valence-corrected chi connectivity index (χ1v) is 8.10. The molecule has 0 spiro atoms. The van der Waals surface area contributed by atoms with Crippen molar-refractivity contribution < 1.29 is 9.18 Å². The zero-order valence-electron chi connectivity index (χ0n) is 13.3. The van der Waals surface area contributed by atoms with Crippen molar-refractivity contribution in [1.29, 1.82) is 0 Å². The molecule has 1 N–H and O–H groups in total. The van der Waals surface area contributed by atoms with Crippen molar-refractivity contribution in [2.45, 2.75) is 32.2 Å². The number of rotatable bonds is 3. The number of para-hydroxylation sites is 1. The van der Waals surface area contributed by atoms with E-state index in [0.717, 1.165) is 42.6 Å². The van der Waals surface area contributed by atoms with Gasteiger partial charge in [-0.25, -0.2) is 9.18 Å². The molecule has 0 radical (unpaired) electrons. The third kappa shape index (κ3) is 3.36. The van der Waals surface area contributed by atoms with Gasteiger partial charge in [0, 0.05) is 12.2 Å². The van der Waals surface area contributed by atoms with Crippen LogP contribution in [0.15, 0.2) is 48.5 Å². The number of carbonyl (C=O) groups excluding carboxylic acids is 1. The second-order valence-corrected chi connectivity index (χ2v) is 5.84. The predicted molar refractivity (Wildman–Crippen MR) is 89.9 cm³/mol. The van der Waals surface area contributed by atoms with Crippen LogP contribution in [-0.2, 0) is 6.42 Å². The summed E-state index contributed by atoms with van der Waals surface area (Å²) < 4.78 is 13.1. The number of nitrogens with zero attached hydrogens (tertiary/aromatic N) is 1. The van der Waals surface area contributed by atoms with Crippen LogP contribution in [0, 0.1) is 5.82 Å². The molecular formula is C19H21FN2O. The second kappa shape index (κ2) is 6.82. The normalized spacial score (nSPS) is 17.3. The van der Waals surface area contributed by atoms with Crippen molar-refractivity contribution in [3.63, 3.8) is 0 Å². The quantitative estimate of drug-likeness (QED) is 0.871. The number of anilines is 1. The van der Waals surface area contributed by atoms with Gasteiger partial charge >= 0.3 is 6.03 Å². The molecule has 0 unspecified atom stereocenters. The van der Waals surface area contributed by atoms with Crippen LogP contribution in [0.5, 0.6) is 0 Å². The van der Waals surface area contributed by atoms with Gasteiger partial charge in [-0.15, -0.1) is 0 Å². The predicted octanol–water partition coefficient (Wildman–Crippen LogP) is 4.76. The molecule has 4 heteroatoms. The first kappa shape index (κ1) is 15.5. The van der Waals surface area contributed by atoms with Gasteiger partial charge in [-0.1, -0.05) is 37.3 Å². The van der Waals surface area contributed by atoms with Crippen LogP contribution in [0.25, 0.3) is 0 Å². The zero-order valence-corrected chi connectivity index (χ0v) is 13.3. The molecule has 1 aliphatic rings. The molecule has 1 heterocycles. The van der Waals surface area contributed by atoms with E-state index in [0.29, 0.717) is 0 Å². The third-order valence-corrected chi connectivity index (χ3v) is 4.41. The number of hydrogen-bond donors (Lipinski definition) is 1. The fourth-order valence-electron chi connectivity index (χ4n) is 3.18. The van der Waals surface area contributed by atoms with E-state index < -0.39 is 0 Å². The van der Waals surface area contributed by atoms with Gasteiger partial charge in [-0.3, -0.25) is 0 Å². The van der Waals surface area contributed by atoms with Crippen LogP contribution in [-0.4, -0.2) is 17.5 Å². The molecule has 2 aromatic carbocycles. The van der Waals surface area contributed by atoms with Crippen LogP contribution < -0.4 is 5.32 Å². The van der Waals surface area contributed by atoms with Crippen LogP contribution in [0.3, 0.4) is 0 Å². The Kier molecular flexibility index (Phi) is 4.60. The molecule has 1 saturated heterocycles. The lowest BCUT2D eigenvalue weighted by Gasteiger charge is -2.26. The van der Waals surface area contributed by atoms with Crippen molar-refractivity contribution >= 4 is 11.7 Å². The van der Waals surface area contributed by atoms with E-state index in [1.165, 1.54) is 12.1 Å². The molecular weight excluding hydrogens is 291 g/mol. The Morgan fingerprint density at radius 3 is 2.70 bits per heavy atom. The monoisotopic (exact) mass is 312 g/mol. The Balaban J connectivity index is 1.77. The summed E-state index contributed by atoms with van der Waals surface area (Å²) in [6, 6.07) is 14.2. The third-order valence-electron chi connectivity index (χ3n) is 4.41. The Labute approximate surface area is 136 Å². The topological polar surface area (TPSA) is 32.3 Å². The van der Waals surface area contributed by atoms with Gasteiger partial charge in [-0.2, -0.15) is 0 Å². The van der Waals surface area contributed by atoms with E-state index >= 15 is 0 Å². The lowest BCUT2D eigenvalue weighted by molar-refractivity contribution is 0.207. The molecule has 1 atom stereocenters. The fourth-order valence-corrected chi connectivity index (χ4v) is 3.18. The lowest BCUT2D eigenvalue weighted by Crippen LogP contribution is -2.34. The summed E-state index contributed by atoms with van der Waals surface area (Å²) in [5, 5.41) is 3.03. The summed E-state index contributed by atoms with van der Waals surface area (Å²) in [7, 11) is 0. The summed E-state index contributed by atoms with van der Waals surface area (Å²) in [5.74, 6) is -0.250. The summed E-state index contributed by atoms with van der Waals surface area (Å²) in [5.41, 5.74) is 2.98. The second-order valence-electron chi connectivity index (χ2n) is 5.84. The van der Waals surface area contributed by atoms with E-state index in [4.69, 9.17) is 0 Å². The number of halogens is 1. The van der Waals surface area contributed by atoms with Gasteiger partial charge in [-0.05, 0) is 48.6 Å². The highest BCUT2D eigenvalue weighted by Crippen LogP contribution is 2.32. The minimum atomic E-state index is -0.250. The van der Waals surface area contributed by atoms with Crippen molar-refractivity contribution in [1.82, 2.24) is 4.90 Å². The molecule has 23 heavy (non-hydrogen) atoms. The number of aryl methyl sites for hydroxylation is 1. The van der Waals surface area contributed by atoms with E-state index in [2.05, 4.69) is 12.2 Å². The number of nitrogens with one attached hydrogen (secondary N) is 1. The lowest BCUT2D eigenvalue weighted by atomic mass is 10.0. The average molecular weight is 312 g/mol. The van der Waals surface area contributed by atoms with Crippen LogP contribution in [0.1, 0.15) is 36.9 Å². The van der Waals surface area contributed by atoms with Gasteiger partial charge in [0.2, 0.25) is 0 Å². The van der Waals surface area contributed by atoms with Crippen molar-refractivity contribution in [3.8, 4) is 0 Å². The molecule has 2 amide bonds. The Morgan fingerprint density at radius 2 is 1.96 bits per heavy atom. The molecule has 0 aliphatic carbocycles. The highest BCUT2D eigenvalue weighted by atomic mass is 19.1. The largest absolute Gasteiger partial charge is 0.322 e. The smallest absolute Gasteiger partial charge is 0.317 e. The molecule has 0 saturated carbocycles. The SMILES string of the molecule is CCc1ccccc1NC(=O)N1CCC[C@@H]1c1ccc(F)cc1. The summed E-state index contributed by atoms with van der Waals surface area (Å²) in [6.45, 7) is 2.80. The maximum atomic E-state index is 13.1. The van der Waals surface area contributed by atoms with Gasteiger partial charge < -0.3 is 10.2 Å². The van der Waals surface area contributed by atoms with Crippen LogP contribution >= 0.6 is 0 Å². The molecule has 1 aliphatic heterocycles.